The van der Waals surface area contributed by atoms with E-state index in [0.717, 1.165) is 29.9 Å². The molecule has 8 nitrogen and oxygen atoms in total. The van der Waals surface area contributed by atoms with E-state index in [-0.39, 0.29) is 17.7 Å². The van der Waals surface area contributed by atoms with Crippen LogP contribution in [0.4, 0.5) is 5.69 Å². The summed E-state index contributed by atoms with van der Waals surface area (Å²) in [7, 11) is 0. The first kappa shape index (κ1) is 22.4. The van der Waals surface area contributed by atoms with E-state index < -0.39 is 17.7 Å². The molecule has 0 atom stereocenters. The fraction of sp³-hybridized carbons (Fsp3) is 0.273. The fourth-order valence-electron chi connectivity index (χ4n) is 3.05. The van der Waals surface area contributed by atoms with Crippen LogP contribution in [0.1, 0.15) is 40.7 Å². The molecule has 156 valence electrons. The van der Waals surface area contributed by atoms with Gasteiger partial charge in [-0.05, 0) is 56.2 Å². The summed E-state index contributed by atoms with van der Waals surface area (Å²) in [4.78, 5) is 35.4. The third kappa shape index (κ3) is 5.58. The average Bonchev–Trinajstić information content (AvgIpc) is 2.97. The molecular weight excluding hydrogens is 382 g/mol. The highest BCUT2D eigenvalue weighted by Crippen LogP contribution is 2.19. The van der Waals surface area contributed by atoms with Crippen LogP contribution in [0.25, 0.3) is 6.08 Å². The summed E-state index contributed by atoms with van der Waals surface area (Å²) in [5, 5.41) is 14.5. The Balaban J connectivity index is 2.20. The second-order valence-corrected chi connectivity index (χ2v) is 6.83. The molecule has 0 saturated heterocycles. The summed E-state index contributed by atoms with van der Waals surface area (Å²) in [6, 6.07) is 10.1. The zero-order valence-corrected chi connectivity index (χ0v) is 17.3. The lowest BCUT2D eigenvalue weighted by molar-refractivity contribution is -0.117. The van der Waals surface area contributed by atoms with Gasteiger partial charge in [0.2, 0.25) is 5.91 Å². The monoisotopic (exact) mass is 407 g/mol. The number of hydrogen-bond acceptors (Lipinski definition) is 4. The Morgan fingerprint density at radius 3 is 2.60 bits per heavy atom. The zero-order chi connectivity index (χ0) is 22.3. The van der Waals surface area contributed by atoms with Crippen molar-refractivity contribution in [1.82, 2.24) is 9.88 Å². The number of nitriles is 1. The second-order valence-electron chi connectivity index (χ2n) is 6.83. The molecule has 0 unspecified atom stereocenters. The maximum Gasteiger partial charge on any atom is 0.266 e. The van der Waals surface area contributed by atoms with Crippen LogP contribution >= 0.6 is 0 Å². The highest BCUT2D eigenvalue weighted by atomic mass is 16.2. The van der Waals surface area contributed by atoms with E-state index in [1.165, 1.54) is 12.1 Å². The van der Waals surface area contributed by atoms with E-state index >= 15 is 0 Å². The molecule has 1 heterocycles. The molecular formula is C22H25N5O3. The Kier molecular flexibility index (Phi) is 7.53. The summed E-state index contributed by atoms with van der Waals surface area (Å²) in [6.07, 6.45) is 2.54. The first-order valence-electron chi connectivity index (χ1n) is 9.53. The minimum atomic E-state index is -0.657. The second kappa shape index (κ2) is 10.1. The van der Waals surface area contributed by atoms with Gasteiger partial charge in [-0.15, -0.1) is 0 Å². The molecule has 2 rings (SSSR count). The molecule has 8 heteroatoms. The molecule has 0 fully saturated rings. The van der Waals surface area contributed by atoms with Crippen LogP contribution in [-0.4, -0.2) is 28.8 Å². The highest BCUT2D eigenvalue weighted by Gasteiger charge is 2.14. The number of anilines is 1. The van der Waals surface area contributed by atoms with Crippen molar-refractivity contribution in [2.45, 2.75) is 33.7 Å². The van der Waals surface area contributed by atoms with E-state index in [2.05, 4.69) is 22.1 Å². The Labute approximate surface area is 175 Å². The molecule has 1 aromatic carbocycles. The van der Waals surface area contributed by atoms with Gasteiger partial charge in [0, 0.05) is 29.2 Å². The van der Waals surface area contributed by atoms with Crippen LogP contribution in [-0.2, 0) is 16.1 Å². The van der Waals surface area contributed by atoms with Gasteiger partial charge < -0.3 is 20.9 Å². The summed E-state index contributed by atoms with van der Waals surface area (Å²) in [6.45, 7) is 6.61. The number of hydrogen-bond donors (Lipinski definition) is 3. The SMILES string of the molecule is CCCn1c(C)cc(/C=C(/C#N)C(=O)Nc2cccc(C(=O)NCC(N)=O)c2)c1C. The number of rotatable bonds is 8. The first-order valence-corrected chi connectivity index (χ1v) is 9.53. The van der Waals surface area contributed by atoms with Crippen molar-refractivity contribution in [2.75, 3.05) is 11.9 Å². The lowest BCUT2D eigenvalue weighted by Gasteiger charge is -2.08. The van der Waals surface area contributed by atoms with Crippen molar-refractivity contribution in [2.24, 2.45) is 5.73 Å². The van der Waals surface area contributed by atoms with Gasteiger partial charge in [0.25, 0.3) is 11.8 Å². The van der Waals surface area contributed by atoms with E-state index in [9.17, 15) is 19.6 Å². The Hall–Kier alpha value is -3.86. The van der Waals surface area contributed by atoms with E-state index in [0.29, 0.717) is 5.69 Å². The van der Waals surface area contributed by atoms with Crippen LogP contribution in [0, 0.1) is 25.2 Å². The molecule has 0 aliphatic carbocycles. The van der Waals surface area contributed by atoms with Crippen molar-refractivity contribution < 1.29 is 14.4 Å². The van der Waals surface area contributed by atoms with Gasteiger partial charge in [0.05, 0.1) is 6.54 Å². The normalized spacial score (nSPS) is 10.9. The molecule has 0 saturated carbocycles. The quantitative estimate of drug-likeness (QED) is 0.458. The Bertz CT molecular complexity index is 1040. The number of benzene rings is 1. The fourth-order valence-corrected chi connectivity index (χ4v) is 3.05. The molecule has 0 aliphatic heterocycles. The lowest BCUT2D eigenvalue weighted by atomic mass is 10.1. The number of aromatic nitrogens is 1. The Morgan fingerprint density at radius 2 is 1.97 bits per heavy atom. The third-order valence-electron chi connectivity index (χ3n) is 4.53. The topological polar surface area (TPSA) is 130 Å². The number of amides is 3. The van der Waals surface area contributed by atoms with Crippen molar-refractivity contribution in [3.8, 4) is 6.07 Å². The molecule has 3 amide bonds. The van der Waals surface area contributed by atoms with Gasteiger partial charge in [-0.2, -0.15) is 5.26 Å². The summed E-state index contributed by atoms with van der Waals surface area (Å²) < 4.78 is 2.15. The van der Waals surface area contributed by atoms with Crippen LogP contribution in [0.15, 0.2) is 35.9 Å². The maximum absolute atomic E-state index is 12.6. The maximum atomic E-state index is 12.6. The first-order chi connectivity index (χ1) is 14.3. The summed E-state index contributed by atoms with van der Waals surface area (Å²) in [5.41, 5.74) is 8.43. The van der Waals surface area contributed by atoms with Crippen LogP contribution in [0.3, 0.4) is 0 Å². The van der Waals surface area contributed by atoms with Crippen molar-refractivity contribution in [3.05, 3.63) is 58.4 Å². The predicted molar refractivity (Wildman–Crippen MR) is 114 cm³/mol. The number of carbonyl (C=O) groups is 3. The zero-order valence-electron chi connectivity index (χ0n) is 17.3. The minimum absolute atomic E-state index is 0.0460. The van der Waals surface area contributed by atoms with Gasteiger partial charge in [-0.25, -0.2) is 0 Å². The molecule has 4 N–H and O–H groups in total. The van der Waals surface area contributed by atoms with E-state index in [1.54, 1.807) is 18.2 Å². The molecule has 0 bridgehead atoms. The number of primary amides is 1. The number of nitrogens with zero attached hydrogens (tertiary/aromatic N) is 2. The smallest absolute Gasteiger partial charge is 0.266 e. The lowest BCUT2D eigenvalue weighted by Crippen LogP contribution is -2.33. The number of carbonyl (C=O) groups excluding carboxylic acids is 3. The molecule has 30 heavy (non-hydrogen) atoms. The van der Waals surface area contributed by atoms with Gasteiger partial charge in [0.1, 0.15) is 11.6 Å². The molecule has 1 aromatic heterocycles. The standard InChI is InChI=1S/C22H25N5O3/c1-4-8-27-14(2)9-17(15(27)3)10-18(12-23)22(30)26-19-7-5-6-16(11-19)21(29)25-13-20(24)28/h5-7,9-11H,4,8,13H2,1-3H3,(H2,24,28)(H,25,29)(H,26,30)/b18-10-. The minimum Gasteiger partial charge on any atom is -0.368 e. The van der Waals surface area contributed by atoms with Gasteiger partial charge in [-0.1, -0.05) is 13.0 Å². The van der Waals surface area contributed by atoms with E-state index in [1.807, 2.05) is 26.0 Å². The van der Waals surface area contributed by atoms with Crippen molar-refractivity contribution in [1.29, 1.82) is 5.26 Å². The average molecular weight is 407 g/mol. The van der Waals surface area contributed by atoms with Crippen LogP contribution in [0.5, 0.6) is 0 Å². The molecule has 0 aliphatic rings. The Morgan fingerprint density at radius 1 is 1.23 bits per heavy atom. The number of aryl methyl sites for hydroxylation is 1. The van der Waals surface area contributed by atoms with Crippen molar-refractivity contribution >= 4 is 29.5 Å². The van der Waals surface area contributed by atoms with Crippen LogP contribution in [0.2, 0.25) is 0 Å². The molecule has 0 spiro atoms. The largest absolute Gasteiger partial charge is 0.368 e. The summed E-state index contributed by atoms with van der Waals surface area (Å²) in [5.74, 6) is -1.73. The van der Waals surface area contributed by atoms with Crippen molar-refractivity contribution in [3.63, 3.8) is 0 Å². The van der Waals surface area contributed by atoms with Crippen LogP contribution < -0.4 is 16.4 Å². The van der Waals surface area contributed by atoms with Gasteiger partial charge in [-0.3, -0.25) is 14.4 Å². The number of nitrogens with two attached hydrogens (primary N) is 1. The molecule has 0 radical (unpaired) electrons. The summed E-state index contributed by atoms with van der Waals surface area (Å²) >= 11 is 0. The number of nitrogens with one attached hydrogen (secondary N) is 2. The predicted octanol–water partition coefficient (Wildman–Crippen LogP) is 2.28. The molecule has 2 aromatic rings. The van der Waals surface area contributed by atoms with Gasteiger partial charge in [0.15, 0.2) is 0 Å². The van der Waals surface area contributed by atoms with E-state index in [4.69, 9.17) is 5.73 Å². The third-order valence-corrected chi connectivity index (χ3v) is 4.53. The van der Waals surface area contributed by atoms with Gasteiger partial charge >= 0.3 is 0 Å². The highest BCUT2D eigenvalue weighted by molar-refractivity contribution is 6.10.